The number of unbranched alkanes of at least 4 members (excludes halogenated alkanes) is 1. The van der Waals surface area contributed by atoms with Crippen molar-refractivity contribution in [3.8, 4) is 0 Å². The molecule has 7 heteroatoms. The molecule has 0 aliphatic rings. The Labute approximate surface area is 97.2 Å². The van der Waals surface area contributed by atoms with Crippen molar-refractivity contribution in [3.63, 3.8) is 0 Å². The lowest BCUT2D eigenvalue weighted by atomic mass is 10.3. The van der Waals surface area contributed by atoms with Crippen LogP contribution in [0.15, 0.2) is 6.33 Å². The van der Waals surface area contributed by atoms with E-state index >= 15 is 0 Å². The molecule has 1 heterocycles. The molecule has 0 fully saturated rings. The maximum atomic E-state index is 10.6. The Morgan fingerprint density at radius 1 is 1.67 bits per heavy atom. The Morgan fingerprint density at radius 3 is 2.80 bits per heavy atom. The van der Waals surface area contributed by atoms with E-state index in [0.717, 1.165) is 12.8 Å². The van der Waals surface area contributed by atoms with Crippen LogP contribution in [0.2, 0.25) is 0 Å². The molecule has 15 heavy (non-hydrogen) atoms. The normalized spacial score (nSPS) is 10.9. The number of aryl methyl sites for hydroxylation is 1. The summed E-state index contributed by atoms with van der Waals surface area (Å²) >= 11 is 11.4. The van der Waals surface area contributed by atoms with Gasteiger partial charge >= 0.3 is 5.82 Å². The number of nitrogens with zero attached hydrogens (tertiary/aromatic N) is 3. The van der Waals surface area contributed by atoms with E-state index in [0.29, 0.717) is 6.54 Å². The van der Waals surface area contributed by atoms with Gasteiger partial charge in [-0.2, -0.15) is 0 Å². The molecule has 1 aromatic heterocycles. The van der Waals surface area contributed by atoms with Crippen molar-refractivity contribution in [1.82, 2.24) is 9.55 Å². The van der Waals surface area contributed by atoms with Gasteiger partial charge in [-0.3, -0.25) is 0 Å². The van der Waals surface area contributed by atoms with Gasteiger partial charge in [0.15, 0.2) is 10.5 Å². The first-order valence-corrected chi connectivity index (χ1v) is 5.42. The predicted molar refractivity (Wildman–Crippen MR) is 58.2 cm³/mol. The standard InChI is InChI=1S/C8H11Cl2N3O2/c1-2-3-4-12-5-11-8(13(14)15)6(12)7(9)10/h5,7H,2-4H2,1H3. The maximum absolute atomic E-state index is 10.6. The predicted octanol–water partition coefficient (Wildman–Crippen LogP) is 3.07. The fraction of sp³-hybridized carbons (Fsp3) is 0.625. The number of imidazole rings is 1. The van der Waals surface area contributed by atoms with Gasteiger partial charge in [-0.1, -0.05) is 36.5 Å². The summed E-state index contributed by atoms with van der Waals surface area (Å²) in [6.45, 7) is 2.67. The third kappa shape index (κ3) is 2.82. The summed E-state index contributed by atoms with van der Waals surface area (Å²) in [6, 6.07) is 0. The summed E-state index contributed by atoms with van der Waals surface area (Å²) in [5.41, 5.74) is 0.261. The molecule has 0 saturated carbocycles. The second kappa shape index (κ2) is 5.32. The number of rotatable bonds is 5. The molecule has 0 unspecified atom stereocenters. The summed E-state index contributed by atoms with van der Waals surface area (Å²) in [6.07, 6.45) is 3.29. The van der Waals surface area contributed by atoms with Crippen LogP contribution in [-0.2, 0) is 6.54 Å². The van der Waals surface area contributed by atoms with Gasteiger partial charge < -0.3 is 14.7 Å². The van der Waals surface area contributed by atoms with Crippen LogP contribution in [0.5, 0.6) is 0 Å². The molecule has 0 amide bonds. The monoisotopic (exact) mass is 251 g/mol. The first-order chi connectivity index (χ1) is 7.07. The summed E-state index contributed by atoms with van der Waals surface area (Å²) in [4.78, 5) is 12.8. The highest BCUT2D eigenvalue weighted by molar-refractivity contribution is 6.44. The molecule has 0 aromatic carbocycles. The van der Waals surface area contributed by atoms with Crippen LogP contribution in [0.4, 0.5) is 5.82 Å². The zero-order chi connectivity index (χ0) is 11.4. The smallest absolute Gasteiger partial charge is 0.358 e. The van der Waals surface area contributed by atoms with Gasteiger partial charge in [0.05, 0.1) is 0 Å². The first-order valence-electron chi connectivity index (χ1n) is 4.55. The van der Waals surface area contributed by atoms with Crippen molar-refractivity contribution < 1.29 is 4.92 Å². The van der Waals surface area contributed by atoms with Gasteiger partial charge in [0.1, 0.15) is 0 Å². The maximum Gasteiger partial charge on any atom is 0.387 e. The zero-order valence-corrected chi connectivity index (χ0v) is 9.70. The van der Waals surface area contributed by atoms with Crippen LogP contribution in [0.25, 0.3) is 0 Å². The van der Waals surface area contributed by atoms with Gasteiger partial charge in [-0.25, -0.2) is 0 Å². The fourth-order valence-electron chi connectivity index (χ4n) is 1.25. The van der Waals surface area contributed by atoms with E-state index in [1.807, 2.05) is 6.92 Å². The largest absolute Gasteiger partial charge is 0.387 e. The van der Waals surface area contributed by atoms with Crippen molar-refractivity contribution in [2.24, 2.45) is 0 Å². The van der Waals surface area contributed by atoms with E-state index in [2.05, 4.69) is 4.98 Å². The highest BCUT2D eigenvalue weighted by Gasteiger charge is 2.25. The molecule has 84 valence electrons. The Hall–Kier alpha value is -0.810. The quantitative estimate of drug-likeness (QED) is 0.459. The highest BCUT2D eigenvalue weighted by Crippen LogP contribution is 2.31. The van der Waals surface area contributed by atoms with E-state index < -0.39 is 9.76 Å². The topological polar surface area (TPSA) is 61.0 Å². The molecule has 0 spiro atoms. The molecule has 0 aliphatic heterocycles. The molecule has 0 saturated heterocycles. The minimum absolute atomic E-state index is 0.261. The number of alkyl halides is 2. The van der Waals surface area contributed by atoms with E-state index in [1.165, 1.54) is 6.33 Å². The van der Waals surface area contributed by atoms with Crippen LogP contribution in [0.1, 0.15) is 30.3 Å². The van der Waals surface area contributed by atoms with E-state index in [9.17, 15) is 10.1 Å². The summed E-state index contributed by atoms with van der Waals surface area (Å²) in [7, 11) is 0. The van der Waals surface area contributed by atoms with Crippen molar-refractivity contribution >= 4 is 29.0 Å². The van der Waals surface area contributed by atoms with Crippen molar-refractivity contribution in [2.75, 3.05) is 0 Å². The lowest BCUT2D eigenvalue weighted by Gasteiger charge is -2.05. The second-order valence-electron chi connectivity index (χ2n) is 3.06. The highest BCUT2D eigenvalue weighted by atomic mass is 35.5. The molecule has 0 atom stereocenters. The Balaban J connectivity index is 3.01. The molecule has 0 N–H and O–H groups in total. The number of nitro groups is 1. The molecule has 5 nitrogen and oxygen atoms in total. The molecule has 0 bridgehead atoms. The second-order valence-corrected chi connectivity index (χ2v) is 4.15. The summed E-state index contributed by atoms with van der Waals surface area (Å²) < 4.78 is 1.63. The molecule has 0 aliphatic carbocycles. The van der Waals surface area contributed by atoms with Crippen LogP contribution >= 0.6 is 23.2 Å². The third-order valence-corrected chi connectivity index (χ3v) is 2.40. The van der Waals surface area contributed by atoms with Crippen LogP contribution < -0.4 is 0 Å². The number of aromatic nitrogens is 2. The Bertz CT molecular complexity index is 352. The van der Waals surface area contributed by atoms with Crippen LogP contribution in [0, 0.1) is 10.1 Å². The SMILES string of the molecule is CCCCn1cnc([N+](=O)[O-])c1C(Cl)Cl. The van der Waals surface area contributed by atoms with E-state index in [4.69, 9.17) is 23.2 Å². The number of halogens is 2. The molecule has 0 radical (unpaired) electrons. The van der Waals surface area contributed by atoms with Gasteiger partial charge in [0, 0.05) is 6.54 Å². The third-order valence-electron chi connectivity index (χ3n) is 1.99. The van der Waals surface area contributed by atoms with Crippen molar-refractivity contribution in [3.05, 3.63) is 22.1 Å². The Kier molecular flexibility index (Phi) is 4.35. The number of hydrogen-bond donors (Lipinski definition) is 0. The summed E-state index contributed by atoms with van der Waals surface area (Å²) in [5, 5.41) is 10.6. The van der Waals surface area contributed by atoms with Gasteiger partial charge in [0.25, 0.3) is 0 Å². The van der Waals surface area contributed by atoms with E-state index in [-0.39, 0.29) is 11.5 Å². The number of hydrogen-bond acceptors (Lipinski definition) is 3. The molecular formula is C8H11Cl2N3O2. The molecule has 1 aromatic rings. The lowest BCUT2D eigenvalue weighted by Crippen LogP contribution is -2.03. The first kappa shape index (κ1) is 12.3. The lowest BCUT2D eigenvalue weighted by molar-refractivity contribution is -0.390. The average Bonchev–Trinajstić information content (AvgIpc) is 2.58. The minimum Gasteiger partial charge on any atom is -0.358 e. The van der Waals surface area contributed by atoms with Crippen molar-refractivity contribution in [2.45, 2.75) is 31.1 Å². The minimum atomic E-state index is -0.926. The molecular weight excluding hydrogens is 241 g/mol. The van der Waals surface area contributed by atoms with Crippen molar-refractivity contribution in [1.29, 1.82) is 0 Å². The fourth-order valence-corrected chi connectivity index (χ4v) is 1.70. The van der Waals surface area contributed by atoms with Gasteiger partial charge in [0.2, 0.25) is 6.33 Å². The van der Waals surface area contributed by atoms with Gasteiger partial charge in [-0.05, 0) is 16.3 Å². The Morgan fingerprint density at radius 2 is 2.33 bits per heavy atom. The van der Waals surface area contributed by atoms with Crippen LogP contribution in [-0.4, -0.2) is 14.5 Å². The average molecular weight is 252 g/mol. The summed E-state index contributed by atoms with van der Waals surface area (Å²) in [5.74, 6) is -0.263. The van der Waals surface area contributed by atoms with Gasteiger partial charge in [-0.15, -0.1) is 0 Å². The zero-order valence-electron chi connectivity index (χ0n) is 8.19. The van der Waals surface area contributed by atoms with E-state index in [1.54, 1.807) is 4.57 Å². The van der Waals surface area contributed by atoms with Crippen LogP contribution in [0.3, 0.4) is 0 Å². The molecule has 1 rings (SSSR count).